The monoisotopic (exact) mass is 700 g/mol. The number of hydrogen-bond acceptors (Lipinski definition) is 8. The third-order valence-corrected chi connectivity index (χ3v) is 10.7. The van der Waals surface area contributed by atoms with Gasteiger partial charge >= 0.3 is 0 Å². The van der Waals surface area contributed by atoms with Gasteiger partial charge in [0.1, 0.15) is 0 Å². The highest BCUT2D eigenvalue weighted by molar-refractivity contribution is 8.76. The first-order valence-electron chi connectivity index (χ1n) is 17.3. The molecule has 0 radical (unpaired) electrons. The normalized spacial score (nSPS) is 11.8. The Morgan fingerprint density at radius 2 is 0.729 bits per heavy atom. The van der Waals surface area contributed by atoms with Crippen molar-refractivity contribution in [1.82, 2.24) is 29.4 Å². The van der Waals surface area contributed by atoms with Gasteiger partial charge in [-0.1, -0.05) is 33.7 Å². The first kappa shape index (κ1) is 42.1. The number of amides is 2. The van der Waals surface area contributed by atoms with E-state index in [1.165, 1.54) is 0 Å². The van der Waals surface area contributed by atoms with Gasteiger partial charge in [-0.2, -0.15) is 0 Å². The summed E-state index contributed by atoms with van der Waals surface area (Å²) in [7, 11) is 19.8. The maximum Gasteiger partial charge on any atom is 0.255 e. The molecule has 0 aliphatic heterocycles. The Morgan fingerprint density at radius 1 is 0.458 bits per heavy atom. The van der Waals surface area contributed by atoms with Gasteiger partial charge in [0.05, 0.1) is 11.1 Å². The fraction of sp³-hybridized carbons (Fsp3) is 0.632. The smallest absolute Gasteiger partial charge is 0.255 e. The van der Waals surface area contributed by atoms with E-state index in [1.807, 2.05) is 9.80 Å². The Bertz CT molecular complexity index is 1190. The average molecular weight is 701 g/mol. The first-order valence-corrected chi connectivity index (χ1v) is 19.5. The van der Waals surface area contributed by atoms with Gasteiger partial charge in [-0.3, -0.25) is 9.59 Å². The van der Waals surface area contributed by atoms with E-state index in [0.717, 1.165) is 121 Å². The molecule has 2 aromatic rings. The Balaban J connectivity index is 2.45. The van der Waals surface area contributed by atoms with E-state index in [9.17, 15) is 9.59 Å². The molecule has 0 aliphatic carbocycles. The third kappa shape index (κ3) is 14.4. The molecule has 0 saturated carbocycles. The van der Waals surface area contributed by atoms with Gasteiger partial charge in [-0.05, 0) is 170 Å². The predicted octanol–water partition coefficient (Wildman–Crippen LogP) is 6.41. The number of nitrogens with zero attached hydrogens (tertiary/aromatic N) is 6. The molecule has 270 valence electrons. The van der Waals surface area contributed by atoms with Crippen molar-refractivity contribution >= 4 is 33.4 Å². The van der Waals surface area contributed by atoms with E-state index in [0.29, 0.717) is 0 Å². The van der Waals surface area contributed by atoms with Crippen LogP contribution in [-0.4, -0.2) is 150 Å². The number of aryl methyl sites for hydroxylation is 4. The molecule has 0 unspecified atom stereocenters. The van der Waals surface area contributed by atoms with E-state index >= 15 is 0 Å². The lowest BCUT2D eigenvalue weighted by Gasteiger charge is -2.27. The molecule has 0 aromatic heterocycles. The zero-order valence-corrected chi connectivity index (χ0v) is 33.7. The Labute approximate surface area is 301 Å². The molecule has 0 saturated heterocycles. The molecule has 0 spiro atoms. The van der Waals surface area contributed by atoms with Crippen LogP contribution in [-0.2, 0) is 0 Å². The number of hydrogen-bond donors (Lipinski definition) is 0. The number of carbonyl (C=O) groups is 2. The van der Waals surface area contributed by atoms with E-state index in [2.05, 4.69) is 128 Å². The topological polar surface area (TPSA) is 53.6 Å². The van der Waals surface area contributed by atoms with Crippen molar-refractivity contribution in [2.24, 2.45) is 0 Å². The molecule has 8 nitrogen and oxygen atoms in total. The largest absolute Gasteiger partial charge is 0.339 e. The summed E-state index contributed by atoms with van der Waals surface area (Å²) < 4.78 is 0. The van der Waals surface area contributed by atoms with Crippen molar-refractivity contribution in [2.45, 2.75) is 63.2 Å². The quantitative estimate of drug-likeness (QED) is 0.139. The van der Waals surface area contributed by atoms with Crippen LogP contribution in [0.5, 0.6) is 0 Å². The van der Waals surface area contributed by atoms with E-state index in [4.69, 9.17) is 0 Å². The minimum Gasteiger partial charge on any atom is -0.339 e. The Kier molecular flexibility index (Phi) is 18.6. The summed E-state index contributed by atoms with van der Waals surface area (Å²) >= 11 is 0. The molecule has 2 aromatic carbocycles. The molecule has 2 rings (SSSR count). The zero-order valence-electron chi connectivity index (χ0n) is 32.1. The molecular weight excluding hydrogens is 637 g/mol. The summed E-state index contributed by atoms with van der Waals surface area (Å²) in [6, 6.07) is 8.50. The zero-order chi connectivity index (χ0) is 36.0. The highest BCUT2D eigenvalue weighted by atomic mass is 33.1. The molecule has 2 amide bonds. The average Bonchev–Trinajstić information content (AvgIpc) is 2.96. The fourth-order valence-electron chi connectivity index (χ4n) is 5.88. The minimum absolute atomic E-state index is 0.0952. The molecule has 0 atom stereocenters. The van der Waals surface area contributed by atoms with Crippen molar-refractivity contribution in [2.75, 3.05) is 109 Å². The molecule has 10 heteroatoms. The number of benzene rings is 2. The van der Waals surface area contributed by atoms with Crippen molar-refractivity contribution in [3.63, 3.8) is 0 Å². The van der Waals surface area contributed by atoms with Crippen LogP contribution in [0, 0.1) is 27.7 Å². The van der Waals surface area contributed by atoms with E-state index in [-0.39, 0.29) is 11.8 Å². The summed E-state index contributed by atoms with van der Waals surface area (Å²) in [6.07, 6.45) is 3.71. The van der Waals surface area contributed by atoms with Crippen LogP contribution in [0.2, 0.25) is 0 Å². The molecule has 0 fully saturated rings. The highest BCUT2D eigenvalue weighted by Crippen LogP contribution is 2.43. The standard InChI is InChI=1S/C38H64N6O2S2/c1-29-25-31(3)35(37(45)43(21-13-17-39(5)6)22-14-18-40(7)8)33(27-29)47-48-34-28-30(2)26-32(4)36(34)38(46)44(23-15-19-41(9)10)24-16-20-42(11)12/h25-28H,13-24H2,1-12H3. The first-order chi connectivity index (χ1) is 22.6. The summed E-state index contributed by atoms with van der Waals surface area (Å²) in [5.41, 5.74) is 5.81. The van der Waals surface area contributed by atoms with E-state index in [1.54, 1.807) is 21.6 Å². The molecule has 0 aliphatic rings. The van der Waals surface area contributed by atoms with Crippen LogP contribution in [0.1, 0.15) is 68.7 Å². The second-order valence-corrected chi connectivity index (χ2v) is 16.5. The maximum absolute atomic E-state index is 14.3. The summed E-state index contributed by atoms with van der Waals surface area (Å²) in [5.74, 6) is 0.190. The van der Waals surface area contributed by atoms with Gasteiger partial charge in [0.25, 0.3) is 11.8 Å². The lowest BCUT2D eigenvalue weighted by Crippen LogP contribution is -2.36. The van der Waals surface area contributed by atoms with Gasteiger partial charge in [0.2, 0.25) is 0 Å². The van der Waals surface area contributed by atoms with Gasteiger partial charge in [0.15, 0.2) is 0 Å². The predicted molar refractivity (Wildman–Crippen MR) is 208 cm³/mol. The summed E-state index contributed by atoms with van der Waals surface area (Å²) in [5, 5.41) is 0. The lowest BCUT2D eigenvalue weighted by atomic mass is 10.0. The highest BCUT2D eigenvalue weighted by Gasteiger charge is 2.25. The van der Waals surface area contributed by atoms with Crippen LogP contribution in [0.25, 0.3) is 0 Å². The third-order valence-electron chi connectivity index (χ3n) is 8.24. The second kappa shape index (κ2) is 21.2. The number of carbonyl (C=O) groups excluding carboxylic acids is 2. The van der Waals surface area contributed by atoms with Crippen molar-refractivity contribution < 1.29 is 9.59 Å². The molecule has 0 bridgehead atoms. The Hall–Kier alpha value is -2.08. The van der Waals surface area contributed by atoms with Gasteiger partial charge in [0, 0.05) is 36.0 Å². The molecule has 0 N–H and O–H groups in total. The van der Waals surface area contributed by atoms with Crippen LogP contribution >= 0.6 is 21.6 Å². The van der Waals surface area contributed by atoms with Crippen molar-refractivity contribution in [1.29, 1.82) is 0 Å². The SMILES string of the molecule is Cc1cc(C)c(C(=O)N(CCCN(C)C)CCCN(C)C)c(SSc2cc(C)cc(C)c2C(=O)N(CCCN(C)C)CCCN(C)C)c1. The Morgan fingerprint density at radius 3 is 0.979 bits per heavy atom. The van der Waals surface area contributed by atoms with Crippen LogP contribution in [0.15, 0.2) is 34.1 Å². The van der Waals surface area contributed by atoms with Crippen LogP contribution in [0.3, 0.4) is 0 Å². The molecule has 48 heavy (non-hydrogen) atoms. The van der Waals surface area contributed by atoms with Crippen molar-refractivity contribution in [3.05, 3.63) is 57.6 Å². The lowest BCUT2D eigenvalue weighted by molar-refractivity contribution is 0.0733. The number of rotatable bonds is 21. The minimum atomic E-state index is 0.0952. The second-order valence-electron chi connectivity index (χ2n) is 14.3. The summed E-state index contributed by atoms with van der Waals surface area (Å²) in [6.45, 7) is 14.9. The van der Waals surface area contributed by atoms with Gasteiger partial charge in [-0.15, -0.1) is 0 Å². The molecule has 0 heterocycles. The fourth-order valence-corrected chi connectivity index (χ4v) is 8.52. The van der Waals surface area contributed by atoms with E-state index < -0.39 is 0 Å². The van der Waals surface area contributed by atoms with Crippen LogP contribution < -0.4 is 0 Å². The maximum atomic E-state index is 14.3. The van der Waals surface area contributed by atoms with Gasteiger partial charge < -0.3 is 29.4 Å². The summed E-state index contributed by atoms with van der Waals surface area (Å²) in [4.78, 5) is 43.4. The molecular formula is C38H64N6O2S2. The van der Waals surface area contributed by atoms with Gasteiger partial charge in [-0.25, -0.2) is 0 Å². The van der Waals surface area contributed by atoms with Crippen molar-refractivity contribution in [3.8, 4) is 0 Å². The van der Waals surface area contributed by atoms with Crippen LogP contribution in [0.4, 0.5) is 0 Å².